The van der Waals surface area contributed by atoms with Crippen LogP contribution in [0.25, 0.3) is 11.4 Å². The van der Waals surface area contributed by atoms with Gasteiger partial charge < -0.3 is 0 Å². The summed E-state index contributed by atoms with van der Waals surface area (Å²) in [4.78, 5) is 3.85. The number of aromatic nitrogens is 3. The Kier molecular flexibility index (Phi) is 2.41. The Bertz CT molecular complexity index is 502. The lowest BCUT2D eigenvalue weighted by Gasteiger charge is -2.06. The minimum atomic E-state index is -4.36. The first-order chi connectivity index (χ1) is 7.47. The van der Waals surface area contributed by atoms with Gasteiger partial charge in [0.15, 0.2) is 0 Å². The van der Waals surface area contributed by atoms with Crippen LogP contribution in [0.1, 0.15) is 11.3 Å². The quantitative estimate of drug-likeness (QED) is 0.813. The van der Waals surface area contributed by atoms with Gasteiger partial charge in [0.1, 0.15) is 5.69 Å². The molecule has 16 heavy (non-hydrogen) atoms. The van der Waals surface area contributed by atoms with Crippen molar-refractivity contribution in [2.75, 3.05) is 0 Å². The molecule has 0 saturated heterocycles. The van der Waals surface area contributed by atoms with E-state index in [1.54, 1.807) is 13.0 Å². The second-order valence-electron chi connectivity index (χ2n) is 3.36. The fraction of sp³-hybridized carbons (Fsp3) is 0.200. The van der Waals surface area contributed by atoms with Crippen molar-refractivity contribution in [2.45, 2.75) is 13.1 Å². The van der Waals surface area contributed by atoms with E-state index >= 15 is 0 Å². The predicted octanol–water partition coefficient (Wildman–Crippen LogP) is 2.80. The summed E-state index contributed by atoms with van der Waals surface area (Å²) in [5, 5.41) is 6.51. The molecule has 0 saturated carbocycles. The molecule has 1 N–H and O–H groups in total. The van der Waals surface area contributed by atoms with Crippen LogP contribution in [0.4, 0.5) is 13.2 Å². The molecule has 2 aromatic heterocycles. The number of aryl methyl sites for hydroxylation is 1. The molecule has 2 aromatic rings. The summed E-state index contributed by atoms with van der Waals surface area (Å²) in [7, 11) is 0. The Morgan fingerprint density at radius 2 is 1.94 bits per heavy atom. The highest BCUT2D eigenvalue weighted by Gasteiger charge is 2.30. The first kappa shape index (κ1) is 10.7. The van der Waals surface area contributed by atoms with Crippen molar-refractivity contribution < 1.29 is 13.2 Å². The molecule has 0 aliphatic heterocycles. The van der Waals surface area contributed by atoms with Gasteiger partial charge in [0.25, 0.3) is 0 Å². The van der Waals surface area contributed by atoms with Crippen molar-refractivity contribution in [1.82, 2.24) is 15.2 Å². The van der Waals surface area contributed by atoms with Crippen LogP contribution in [0.15, 0.2) is 24.4 Å². The van der Waals surface area contributed by atoms with Gasteiger partial charge in [0, 0.05) is 11.9 Å². The van der Waals surface area contributed by atoms with E-state index in [4.69, 9.17) is 0 Å². The minimum Gasteiger partial charge on any atom is -0.282 e. The molecular formula is C10H8F3N3. The lowest BCUT2D eigenvalue weighted by molar-refractivity contribution is -0.137. The molecule has 0 aliphatic carbocycles. The first-order valence-electron chi connectivity index (χ1n) is 4.52. The van der Waals surface area contributed by atoms with Crippen LogP contribution in [0.5, 0.6) is 0 Å². The van der Waals surface area contributed by atoms with Gasteiger partial charge in [-0.3, -0.25) is 10.1 Å². The summed E-state index contributed by atoms with van der Waals surface area (Å²) < 4.78 is 37.3. The Labute approximate surface area is 89.3 Å². The van der Waals surface area contributed by atoms with Crippen molar-refractivity contribution >= 4 is 0 Å². The molecule has 0 spiro atoms. The van der Waals surface area contributed by atoms with Gasteiger partial charge in [-0.05, 0) is 25.1 Å². The first-order valence-corrected chi connectivity index (χ1v) is 4.52. The molecule has 2 heterocycles. The van der Waals surface area contributed by atoms with E-state index in [1.807, 2.05) is 0 Å². The number of pyridine rings is 1. The number of alkyl halides is 3. The van der Waals surface area contributed by atoms with E-state index in [2.05, 4.69) is 15.2 Å². The Hall–Kier alpha value is -1.85. The summed E-state index contributed by atoms with van der Waals surface area (Å²) >= 11 is 0. The molecule has 84 valence electrons. The molecule has 0 radical (unpaired) electrons. The lowest BCUT2D eigenvalue weighted by atomic mass is 10.2. The maximum absolute atomic E-state index is 12.4. The largest absolute Gasteiger partial charge is 0.416 e. The number of aromatic amines is 1. The van der Waals surface area contributed by atoms with Crippen LogP contribution in [-0.4, -0.2) is 15.2 Å². The molecule has 0 bridgehead atoms. The third-order valence-electron chi connectivity index (χ3n) is 2.06. The van der Waals surface area contributed by atoms with Crippen molar-refractivity contribution in [1.29, 1.82) is 0 Å². The molecule has 0 unspecified atom stereocenters. The van der Waals surface area contributed by atoms with E-state index in [0.717, 1.165) is 24.0 Å². The van der Waals surface area contributed by atoms with E-state index in [-0.39, 0.29) is 5.69 Å². The van der Waals surface area contributed by atoms with Crippen LogP contribution in [0.2, 0.25) is 0 Å². The maximum atomic E-state index is 12.4. The molecule has 0 aliphatic rings. The highest BCUT2D eigenvalue weighted by Crippen LogP contribution is 2.30. The number of hydrogen-bond donors (Lipinski definition) is 1. The van der Waals surface area contributed by atoms with Gasteiger partial charge >= 0.3 is 6.18 Å². The van der Waals surface area contributed by atoms with Gasteiger partial charge in [-0.2, -0.15) is 18.3 Å². The van der Waals surface area contributed by atoms with Gasteiger partial charge in [-0.25, -0.2) is 0 Å². The van der Waals surface area contributed by atoms with Crippen LogP contribution in [0, 0.1) is 6.92 Å². The average molecular weight is 227 g/mol. The number of rotatable bonds is 1. The lowest BCUT2D eigenvalue weighted by Crippen LogP contribution is -2.05. The highest BCUT2D eigenvalue weighted by molar-refractivity contribution is 5.55. The fourth-order valence-corrected chi connectivity index (χ4v) is 1.30. The van der Waals surface area contributed by atoms with Crippen LogP contribution >= 0.6 is 0 Å². The highest BCUT2D eigenvalue weighted by atomic mass is 19.4. The van der Waals surface area contributed by atoms with Crippen LogP contribution in [0.3, 0.4) is 0 Å². The summed E-state index contributed by atoms with van der Waals surface area (Å²) in [6.45, 7) is 1.77. The average Bonchev–Trinajstić information content (AvgIpc) is 2.64. The molecule has 0 amide bonds. The normalized spacial score (nSPS) is 11.8. The minimum absolute atomic E-state index is 0.208. The zero-order chi connectivity index (χ0) is 11.8. The fourth-order valence-electron chi connectivity index (χ4n) is 1.30. The van der Waals surface area contributed by atoms with Crippen LogP contribution in [-0.2, 0) is 6.18 Å². The van der Waals surface area contributed by atoms with E-state index in [1.165, 1.54) is 0 Å². The van der Waals surface area contributed by atoms with E-state index in [0.29, 0.717) is 5.69 Å². The summed E-state index contributed by atoms with van der Waals surface area (Å²) in [6.07, 6.45) is -3.23. The Morgan fingerprint density at radius 1 is 1.19 bits per heavy atom. The van der Waals surface area contributed by atoms with E-state index < -0.39 is 11.7 Å². The van der Waals surface area contributed by atoms with Gasteiger partial charge in [0.2, 0.25) is 0 Å². The standard InChI is InChI=1S/C10H8F3N3/c1-6-4-9(16-15-6)8-5-7(2-3-14-8)10(11,12)13/h2-5H,1H3,(H,15,16). The zero-order valence-electron chi connectivity index (χ0n) is 8.34. The monoisotopic (exact) mass is 227 g/mol. The maximum Gasteiger partial charge on any atom is 0.416 e. The number of halogens is 3. The van der Waals surface area contributed by atoms with Crippen molar-refractivity contribution in [2.24, 2.45) is 0 Å². The number of nitrogens with one attached hydrogen (secondary N) is 1. The zero-order valence-corrected chi connectivity index (χ0v) is 8.34. The van der Waals surface area contributed by atoms with Crippen molar-refractivity contribution in [3.05, 3.63) is 35.7 Å². The SMILES string of the molecule is Cc1cc(-c2cc(C(F)(F)F)ccn2)n[nH]1. The van der Waals surface area contributed by atoms with Gasteiger partial charge in [0.05, 0.1) is 11.3 Å². The summed E-state index contributed by atoms with van der Waals surface area (Å²) in [5.41, 5.74) is 0.662. The van der Waals surface area contributed by atoms with Gasteiger partial charge in [-0.15, -0.1) is 0 Å². The second kappa shape index (κ2) is 3.62. The predicted molar refractivity (Wildman–Crippen MR) is 51.6 cm³/mol. The Morgan fingerprint density at radius 3 is 2.50 bits per heavy atom. The molecule has 3 nitrogen and oxygen atoms in total. The molecular weight excluding hydrogens is 219 g/mol. The van der Waals surface area contributed by atoms with Gasteiger partial charge in [-0.1, -0.05) is 0 Å². The third kappa shape index (κ3) is 2.05. The molecule has 6 heteroatoms. The molecule has 0 fully saturated rings. The summed E-state index contributed by atoms with van der Waals surface area (Å²) in [6, 6.07) is 3.56. The topological polar surface area (TPSA) is 41.6 Å². The van der Waals surface area contributed by atoms with Crippen LogP contribution < -0.4 is 0 Å². The summed E-state index contributed by atoms with van der Waals surface area (Å²) in [5.74, 6) is 0. The van der Waals surface area contributed by atoms with Crippen molar-refractivity contribution in [3.8, 4) is 11.4 Å². The Balaban J connectivity index is 2.44. The molecule has 2 rings (SSSR count). The number of hydrogen-bond acceptors (Lipinski definition) is 2. The molecule has 0 atom stereocenters. The van der Waals surface area contributed by atoms with Crippen molar-refractivity contribution in [3.63, 3.8) is 0 Å². The van der Waals surface area contributed by atoms with E-state index in [9.17, 15) is 13.2 Å². The smallest absolute Gasteiger partial charge is 0.282 e. The second-order valence-corrected chi connectivity index (χ2v) is 3.36. The third-order valence-corrected chi connectivity index (χ3v) is 2.06. The molecule has 0 aromatic carbocycles. The number of H-pyrrole nitrogens is 1. The number of nitrogens with zero attached hydrogens (tertiary/aromatic N) is 2.